The van der Waals surface area contributed by atoms with E-state index in [1.54, 1.807) is 41.2 Å². The molecule has 0 saturated heterocycles. The number of halogens is 1. The minimum absolute atomic E-state index is 0.191. The molecule has 0 aliphatic carbocycles. The first-order valence-electron chi connectivity index (χ1n) is 8.63. The van der Waals surface area contributed by atoms with Crippen LogP contribution in [0, 0.1) is 11.7 Å². The van der Waals surface area contributed by atoms with Gasteiger partial charge in [0.2, 0.25) is 0 Å². The Morgan fingerprint density at radius 2 is 1.93 bits per heavy atom. The van der Waals surface area contributed by atoms with Crippen LogP contribution < -0.4 is 5.32 Å². The smallest absolute Gasteiger partial charge is 0.355 e. The Hall–Kier alpha value is -2.67. The van der Waals surface area contributed by atoms with E-state index in [-0.39, 0.29) is 24.2 Å². The number of nitrogens with zero attached hydrogens (tertiary/aromatic N) is 1. The van der Waals surface area contributed by atoms with E-state index in [0.29, 0.717) is 5.69 Å². The Balaban J connectivity index is 1.68. The fourth-order valence-corrected chi connectivity index (χ4v) is 3.65. The fourth-order valence-electron chi connectivity index (χ4n) is 2.81. The molecule has 0 aliphatic heterocycles. The van der Waals surface area contributed by atoms with Crippen molar-refractivity contribution in [2.45, 2.75) is 26.5 Å². The molecule has 5 nitrogen and oxygen atoms in total. The molecule has 0 aliphatic rings. The highest BCUT2D eigenvalue weighted by molar-refractivity contribution is 7.17. The van der Waals surface area contributed by atoms with Crippen LogP contribution in [-0.2, 0) is 23.1 Å². The molecule has 0 bridgehead atoms. The molecule has 1 unspecified atom stereocenters. The van der Waals surface area contributed by atoms with Gasteiger partial charge in [0.1, 0.15) is 11.5 Å². The quantitative estimate of drug-likeness (QED) is 0.652. The van der Waals surface area contributed by atoms with Crippen LogP contribution in [-0.4, -0.2) is 22.5 Å². The van der Waals surface area contributed by atoms with Crippen molar-refractivity contribution in [3.05, 3.63) is 58.9 Å². The number of rotatable bonds is 6. The molecule has 1 aromatic carbocycles. The van der Waals surface area contributed by atoms with Gasteiger partial charge in [0.25, 0.3) is 5.91 Å². The number of esters is 1. The molecule has 0 saturated carbocycles. The Labute approximate surface area is 160 Å². The van der Waals surface area contributed by atoms with E-state index in [1.165, 1.54) is 12.1 Å². The van der Waals surface area contributed by atoms with Gasteiger partial charge in [-0.3, -0.25) is 4.79 Å². The van der Waals surface area contributed by atoms with E-state index in [1.807, 2.05) is 25.3 Å². The molecular formula is C20H21FN2O3S. The topological polar surface area (TPSA) is 60.3 Å². The van der Waals surface area contributed by atoms with Gasteiger partial charge in [-0.05, 0) is 41.1 Å². The largest absolute Gasteiger partial charge is 0.447 e. The molecule has 0 fully saturated rings. The van der Waals surface area contributed by atoms with Crippen molar-refractivity contribution in [3.8, 4) is 0 Å². The van der Waals surface area contributed by atoms with Crippen LogP contribution in [0.25, 0.3) is 10.2 Å². The van der Waals surface area contributed by atoms with Crippen molar-refractivity contribution in [2.75, 3.05) is 0 Å². The lowest BCUT2D eigenvalue weighted by molar-refractivity contribution is -0.132. The Morgan fingerprint density at radius 1 is 1.22 bits per heavy atom. The van der Waals surface area contributed by atoms with Crippen molar-refractivity contribution in [1.29, 1.82) is 0 Å². The molecule has 3 aromatic rings. The van der Waals surface area contributed by atoms with Crippen molar-refractivity contribution in [2.24, 2.45) is 13.0 Å². The summed E-state index contributed by atoms with van der Waals surface area (Å²) in [5.41, 5.74) is 2.13. The van der Waals surface area contributed by atoms with E-state index < -0.39 is 12.1 Å². The highest BCUT2D eigenvalue weighted by atomic mass is 32.1. The van der Waals surface area contributed by atoms with Gasteiger partial charge >= 0.3 is 5.97 Å². The lowest BCUT2D eigenvalue weighted by Gasteiger charge is -2.21. The van der Waals surface area contributed by atoms with Gasteiger partial charge < -0.3 is 14.6 Å². The van der Waals surface area contributed by atoms with Gasteiger partial charge in [0.05, 0.1) is 10.2 Å². The number of hydrogen-bond acceptors (Lipinski definition) is 4. The standard InChI is InChI=1S/C20H21FN2O3S/c1-12(2)18(19(24)22-11-13-4-6-14(21)7-5-13)26-20(25)16-10-17-15(23(16)3)8-9-27-17/h4-10,12,18H,11H2,1-3H3,(H,22,24). The predicted molar refractivity (Wildman–Crippen MR) is 103 cm³/mol. The number of aromatic nitrogens is 1. The average molecular weight is 388 g/mol. The van der Waals surface area contributed by atoms with E-state index in [2.05, 4.69) is 5.32 Å². The highest BCUT2D eigenvalue weighted by Crippen LogP contribution is 2.25. The maximum Gasteiger partial charge on any atom is 0.355 e. The molecule has 1 amide bonds. The van der Waals surface area contributed by atoms with E-state index >= 15 is 0 Å². The minimum Gasteiger partial charge on any atom is -0.447 e. The van der Waals surface area contributed by atoms with Crippen LogP contribution in [0.15, 0.2) is 41.8 Å². The zero-order valence-electron chi connectivity index (χ0n) is 15.4. The van der Waals surface area contributed by atoms with Gasteiger partial charge in [-0.2, -0.15) is 0 Å². The number of carbonyl (C=O) groups is 2. The summed E-state index contributed by atoms with van der Waals surface area (Å²) in [6.07, 6.45) is -0.911. The van der Waals surface area contributed by atoms with E-state index in [4.69, 9.17) is 4.74 Å². The van der Waals surface area contributed by atoms with Gasteiger partial charge in [0.15, 0.2) is 6.10 Å². The number of ether oxygens (including phenoxy) is 1. The van der Waals surface area contributed by atoms with Crippen molar-refractivity contribution in [3.63, 3.8) is 0 Å². The van der Waals surface area contributed by atoms with Crippen LogP contribution >= 0.6 is 11.3 Å². The number of nitrogens with one attached hydrogen (secondary N) is 1. The number of benzene rings is 1. The molecule has 1 N–H and O–H groups in total. The Bertz CT molecular complexity index is 959. The van der Waals surface area contributed by atoms with E-state index in [9.17, 15) is 14.0 Å². The number of fused-ring (bicyclic) bond motifs is 1. The Kier molecular flexibility index (Phi) is 5.60. The summed E-state index contributed by atoms with van der Waals surface area (Å²) < 4.78 is 21.2. The summed E-state index contributed by atoms with van der Waals surface area (Å²) >= 11 is 1.54. The molecule has 27 heavy (non-hydrogen) atoms. The third kappa shape index (κ3) is 4.19. The maximum atomic E-state index is 13.0. The zero-order valence-corrected chi connectivity index (χ0v) is 16.2. The number of hydrogen-bond donors (Lipinski definition) is 1. The summed E-state index contributed by atoms with van der Waals surface area (Å²) in [5.74, 6) is -1.43. The third-order valence-electron chi connectivity index (χ3n) is 4.35. The molecule has 3 rings (SSSR count). The van der Waals surface area contributed by atoms with E-state index in [0.717, 1.165) is 15.8 Å². The monoisotopic (exact) mass is 388 g/mol. The summed E-state index contributed by atoms with van der Waals surface area (Å²) in [4.78, 5) is 25.1. The minimum atomic E-state index is -0.911. The van der Waals surface area contributed by atoms with Crippen LogP contribution in [0.5, 0.6) is 0 Å². The van der Waals surface area contributed by atoms with Crippen LogP contribution in [0.1, 0.15) is 29.9 Å². The Morgan fingerprint density at radius 3 is 2.56 bits per heavy atom. The van der Waals surface area contributed by atoms with Gasteiger partial charge in [-0.25, -0.2) is 9.18 Å². The van der Waals surface area contributed by atoms with Crippen molar-refractivity contribution < 1.29 is 18.7 Å². The molecular weight excluding hydrogens is 367 g/mol. The fraction of sp³-hybridized carbons (Fsp3) is 0.300. The summed E-state index contributed by atoms with van der Waals surface area (Å²) in [5, 5.41) is 4.71. The zero-order chi connectivity index (χ0) is 19.6. The first kappa shape index (κ1) is 19.1. The SMILES string of the molecule is CC(C)C(OC(=O)c1cc2sccc2n1C)C(=O)NCc1ccc(F)cc1. The average Bonchev–Trinajstić information content (AvgIpc) is 3.21. The van der Waals surface area contributed by atoms with Gasteiger partial charge in [0, 0.05) is 13.6 Å². The molecule has 2 heterocycles. The first-order valence-corrected chi connectivity index (χ1v) is 9.51. The van der Waals surface area contributed by atoms with Gasteiger partial charge in [-0.15, -0.1) is 11.3 Å². The number of carbonyl (C=O) groups excluding carboxylic acids is 2. The molecule has 2 aromatic heterocycles. The van der Waals surface area contributed by atoms with Crippen LogP contribution in [0.3, 0.4) is 0 Å². The third-order valence-corrected chi connectivity index (χ3v) is 5.20. The summed E-state index contributed by atoms with van der Waals surface area (Å²) in [6.45, 7) is 3.87. The highest BCUT2D eigenvalue weighted by Gasteiger charge is 2.28. The van der Waals surface area contributed by atoms with Crippen molar-refractivity contribution in [1.82, 2.24) is 9.88 Å². The second-order valence-corrected chi connectivity index (χ2v) is 7.62. The summed E-state index contributed by atoms with van der Waals surface area (Å²) in [7, 11) is 1.80. The normalized spacial score (nSPS) is 12.3. The van der Waals surface area contributed by atoms with Crippen LogP contribution in [0.2, 0.25) is 0 Å². The first-order chi connectivity index (χ1) is 12.9. The number of amides is 1. The van der Waals surface area contributed by atoms with Gasteiger partial charge in [-0.1, -0.05) is 26.0 Å². The second-order valence-electron chi connectivity index (χ2n) is 6.67. The predicted octanol–water partition coefficient (Wildman–Crippen LogP) is 3.88. The van der Waals surface area contributed by atoms with Crippen molar-refractivity contribution >= 4 is 33.4 Å². The molecule has 0 radical (unpaired) electrons. The molecule has 0 spiro atoms. The van der Waals surface area contributed by atoms with Crippen LogP contribution in [0.4, 0.5) is 4.39 Å². The maximum absolute atomic E-state index is 13.0. The molecule has 1 atom stereocenters. The molecule has 142 valence electrons. The second kappa shape index (κ2) is 7.92. The number of thiophene rings is 1. The molecule has 7 heteroatoms. The number of aryl methyl sites for hydroxylation is 1. The lowest BCUT2D eigenvalue weighted by atomic mass is 10.1. The lowest BCUT2D eigenvalue weighted by Crippen LogP contribution is -2.40. The summed E-state index contributed by atoms with van der Waals surface area (Å²) in [6, 6.07) is 9.58.